The number of nitrogens with zero attached hydrogens (tertiary/aromatic N) is 5. The topological polar surface area (TPSA) is 46.3 Å². The molecule has 2 aliphatic rings. The van der Waals surface area contributed by atoms with Crippen LogP contribution in [0.3, 0.4) is 0 Å². The second-order valence-corrected chi connectivity index (χ2v) is 12.0. The molecule has 0 amide bonds. The maximum Gasteiger partial charge on any atom is 0.197 e. The molecule has 0 radical (unpaired) electrons. The van der Waals surface area contributed by atoms with Crippen molar-refractivity contribution >= 4 is 50.7 Å². The molecule has 1 aliphatic carbocycles. The molecule has 3 aromatic rings. The van der Waals surface area contributed by atoms with Crippen LogP contribution in [0.4, 0.5) is 0 Å². The molecule has 1 fully saturated rings. The van der Waals surface area contributed by atoms with Crippen molar-refractivity contribution in [3.8, 4) is 0 Å². The van der Waals surface area contributed by atoms with Gasteiger partial charge in [0.1, 0.15) is 4.83 Å². The fourth-order valence-electron chi connectivity index (χ4n) is 4.43. The van der Waals surface area contributed by atoms with Crippen LogP contribution in [0.1, 0.15) is 56.4 Å². The van der Waals surface area contributed by atoms with Gasteiger partial charge in [0.15, 0.2) is 16.0 Å². The van der Waals surface area contributed by atoms with Crippen molar-refractivity contribution in [3.63, 3.8) is 0 Å². The molecule has 3 aromatic heterocycles. The lowest BCUT2D eigenvalue weighted by Crippen LogP contribution is -2.31. The van der Waals surface area contributed by atoms with Gasteiger partial charge >= 0.3 is 0 Å². The van der Waals surface area contributed by atoms with Gasteiger partial charge in [-0.15, -0.1) is 21.5 Å². The lowest BCUT2D eigenvalue weighted by Gasteiger charge is -2.25. The minimum atomic E-state index is 0.478. The van der Waals surface area contributed by atoms with Gasteiger partial charge in [-0.2, -0.15) is 0 Å². The van der Waals surface area contributed by atoms with Crippen molar-refractivity contribution < 1.29 is 0 Å². The fraction of sp³-hybridized carbons (Fsp3) is 0.667. The number of hydrogen-bond donors (Lipinski definition) is 0. The van der Waals surface area contributed by atoms with Gasteiger partial charge in [0.2, 0.25) is 0 Å². The normalized spacial score (nSPS) is 18.2. The standard InChI is InChI=1S/C21H29N5S3/c1-14(2)28-20-22-19-17(15-8-4-5-9-16(15)29-19)18-23-24-21(26(18)20)27-13-12-25-10-6-3-7-11-25/h14H,3-13H2,1-2H3. The summed E-state index contributed by atoms with van der Waals surface area (Å²) >= 11 is 5.54. The third kappa shape index (κ3) is 4.05. The molecule has 5 rings (SSSR count). The molecule has 0 spiro atoms. The lowest BCUT2D eigenvalue weighted by atomic mass is 9.97. The molecule has 0 unspecified atom stereocenters. The number of rotatable bonds is 6. The molecular weight excluding hydrogens is 418 g/mol. The number of fused-ring (bicyclic) bond motifs is 5. The highest BCUT2D eigenvalue weighted by Crippen LogP contribution is 2.40. The number of hydrogen-bond acceptors (Lipinski definition) is 7. The number of thiophene rings is 1. The van der Waals surface area contributed by atoms with E-state index in [1.807, 2.05) is 34.9 Å². The van der Waals surface area contributed by atoms with Crippen molar-refractivity contribution in [1.82, 2.24) is 24.5 Å². The van der Waals surface area contributed by atoms with E-state index >= 15 is 0 Å². The van der Waals surface area contributed by atoms with Crippen molar-refractivity contribution in [2.24, 2.45) is 0 Å². The Morgan fingerprint density at radius 2 is 1.83 bits per heavy atom. The van der Waals surface area contributed by atoms with Gasteiger partial charge in [-0.3, -0.25) is 0 Å². The lowest BCUT2D eigenvalue weighted by molar-refractivity contribution is 0.242. The van der Waals surface area contributed by atoms with Crippen LogP contribution in [-0.2, 0) is 12.8 Å². The summed E-state index contributed by atoms with van der Waals surface area (Å²) in [5.41, 5.74) is 2.52. The summed E-state index contributed by atoms with van der Waals surface area (Å²) in [7, 11) is 0. The molecule has 1 saturated heterocycles. The quantitative estimate of drug-likeness (QED) is 0.378. The Morgan fingerprint density at radius 1 is 1.00 bits per heavy atom. The number of piperidine rings is 1. The molecule has 0 saturated carbocycles. The number of likely N-dealkylation sites (tertiary alicyclic amines) is 1. The first kappa shape index (κ1) is 20.1. The van der Waals surface area contributed by atoms with Crippen LogP contribution in [0.25, 0.3) is 15.9 Å². The zero-order valence-corrected chi connectivity index (χ0v) is 19.8. The zero-order valence-electron chi connectivity index (χ0n) is 17.3. The Kier molecular flexibility index (Phi) is 6.05. The fourth-order valence-corrected chi connectivity index (χ4v) is 7.58. The number of aromatic nitrogens is 4. The molecule has 5 nitrogen and oxygen atoms in total. The highest BCUT2D eigenvalue weighted by Gasteiger charge is 2.24. The van der Waals surface area contributed by atoms with Crippen molar-refractivity contribution in [1.29, 1.82) is 0 Å². The summed E-state index contributed by atoms with van der Waals surface area (Å²) in [6.07, 6.45) is 9.01. The average Bonchev–Trinajstić information content (AvgIpc) is 3.29. The van der Waals surface area contributed by atoms with E-state index < -0.39 is 0 Å². The molecule has 8 heteroatoms. The third-order valence-corrected chi connectivity index (χ3v) is 8.88. The summed E-state index contributed by atoms with van der Waals surface area (Å²) in [4.78, 5) is 10.4. The van der Waals surface area contributed by atoms with E-state index in [1.54, 1.807) is 0 Å². The Balaban J connectivity index is 1.50. The molecule has 0 bridgehead atoms. The van der Waals surface area contributed by atoms with Gasteiger partial charge in [0, 0.05) is 22.4 Å². The van der Waals surface area contributed by atoms with Crippen LogP contribution < -0.4 is 0 Å². The van der Waals surface area contributed by atoms with E-state index in [2.05, 4.69) is 28.2 Å². The van der Waals surface area contributed by atoms with Gasteiger partial charge < -0.3 is 4.90 Å². The van der Waals surface area contributed by atoms with E-state index in [4.69, 9.17) is 10.1 Å². The van der Waals surface area contributed by atoms with Gasteiger partial charge in [-0.25, -0.2) is 9.38 Å². The largest absolute Gasteiger partial charge is 0.303 e. The first-order chi connectivity index (χ1) is 14.2. The van der Waals surface area contributed by atoms with E-state index in [-0.39, 0.29) is 0 Å². The van der Waals surface area contributed by atoms with Crippen molar-refractivity contribution in [2.45, 2.75) is 74.4 Å². The first-order valence-electron chi connectivity index (χ1n) is 10.9. The van der Waals surface area contributed by atoms with E-state index in [1.165, 1.54) is 67.4 Å². The van der Waals surface area contributed by atoms with Crippen LogP contribution in [0.2, 0.25) is 0 Å². The smallest absolute Gasteiger partial charge is 0.197 e. The van der Waals surface area contributed by atoms with Gasteiger partial charge in [-0.1, -0.05) is 43.8 Å². The van der Waals surface area contributed by atoms with Gasteiger partial charge in [0.25, 0.3) is 0 Å². The SMILES string of the molecule is CC(C)Sc1nc2sc3c(c2c2nnc(SCCN4CCCCC4)n12)CCCC3. The molecule has 0 atom stereocenters. The molecule has 1 aliphatic heterocycles. The average molecular weight is 448 g/mol. The van der Waals surface area contributed by atoms with E-state index in [9.17, 15) is 0 Å². The van der Waals surface area contributed by atoms with Crippen LogP contribution in [0.15, 0.2) is 10.3 Å². The summed E-state index contributed by atoms with van der Waals surface area (Å²) in [6, 6.07) is 0. The van der Waals surface area contributed by atoms with Crippen molar-refractivity contribution in [3.05, 3.63) is 10.4 Å². The van der Waals surface area contributed by atoms with Crippen LogP contribution in [0.5, 0.6) is 0 Å². The summed E-state index contributed by atoms with van der Waals surface area (Å²) < 4.78 is 2.25. The molecule has 29 heavy (non-hydrogen) atoms. The first-order valence-corrected chi connectivity index (χ1v) is 13.6. The minimum absolute atomic E-state index is 0.478. The number of aryl methyl sites for hydroxylation is 2. The predicted molar refractivity (Wildman–Crippen MR) is 125 cm³/mol. The van der Waals surface area contributed by atoms with Gasteiger partial charge in [0.05, 0.1) is 5.39 Å². The monoisotopic (exact) mass is 447 g/mol. The third-order valence-electron chi connectivity index (χ3n) is 5.83. The molecule has 0 aromatic carbocycles. The predicted octanol–water partition coefficient (Wildman–Crippen LogP) is 5.30. The Bertz CT molecular complexity index is 1000. The summed E-state index contributed by atoms with van der Waals surface area (Å²) in [5, 5.41) is 13.1. The minimum Gasteiger partial charge on any atom is -0.303 e. The Hall–Kier alpha value is -0.830. The van der Waals surface area contributed by atoms with Crippen LogP contribution in [-0.4, -0.2) is 55.1 Å². The Morgan fingerprint density at radius 3 is 2.66 bits per heavy atom. The van der Waals surface area contributed by atoms with E-state index in [0.717, 1.165) is 39.5 Å². The van der Waals surface area contributed by atoms with Gasteiger partial charge in [-0.05, 0) is 57.2 Å². The maximum atomic E-state index is 5.12. The van der Waals surface area contributed by atoms with E-state index in [0.29, 0.717) is 5.25 Å². The highest BCUT2D eigenvalue weighted by molar-refractivity contribution is 8.00. The molecule has 4 heterocycles. The van der Waals surface area contributed by atoms with Crippen LogP contribution in [0, 0.1) is 0 Å². The summed E-state index contributed by atoms with van der Waals surface area (Å²) in [6.45, 7) is 8.10. The molecular formula is C21H29N5S3. The second-order valence-electron chi connectivity index (χ2n) is 8.34. The van der Waals surface area contributed by atoms with Crippen molar-refractivity contribution in [2.75, 3.05) is 25.4 Å². The highest BCUT2D eigenvalue weighted by atomic mass is 32.2. The molecule has 156 valence electrons. The number of thioether (sulfide) groups is 2. The summed E-state index contributed by atoms with van der Waals surface area (Å²) in [5.74, 6) is 1.06. The zero-order chi connectivity index (χ0) is 19.8. The molecule has 0 N–H and O–H groups in total. The maximum absolute atomic E-state index is 5.12. The Labute approximate surface area is 185 Å². The van der Waals surface area contributed by atoms with Crippen LogP contribution >= 0.6 is 34.9 Å². The second kappa shape index (κ2) is 8.73.